The van der Waals surface area contributed by atoms with Gasteiger partial charge in [-0.1, -0.05) is 12.1 Å². The summed E-state index contributed by atoms with van der Waals surface area (Å²) in [5.74, 6) is 0.814. The van der Waals surface area contributed by atoms with E-state index in [1.165, 1.54) is 25.0 Å². The van der Waals surface area contributed by atoms with Crippen LogP contribution in [0.25, 0.3) is 5.69 Å². The SMILES string of the molecule is FC(F)(F)c1cccc(-n2cccc2[C@@H]2[C@H](c3ccccn3)NC(=S)N2c2ccc(OC3CCCC3)cc2)c1. The van der Waals surface area contributed by atoms with Crippen LogP contribution in [-0.2, 0) is 6.18 Å². The van der Waals surface area contributed by atoms with Crippen LogP contribution in [0.2, 0.25) is 0 Å². The number of nitrogens with one attached hydrogen (secondary N) is 1. The number of anilines is 1. The molecule has 0 bridgehead atoms. The highest BCUT2D eigenvalue weighted by atomic mass is 32.1. The number of alkyl halides is 3. The molecule has 2 aliphatic rings. The van der Waals surface area contributed by atoms with Gasteiger partial charge >= 0.3 is 6.18 Å². The van der Waals surface area contributed by atoms with Gasteiger partial charge in [-0.3, -0.25) is 4.98 Å². The zero-order valence-corrected chi connectivity index (χ0v) is 21.8. The number of hydrogen-bond acceptors (Lipinski definition) is 3. The summed E-state index contributed by atoms with van der Waals surface area (Å²) in [5.41, 5.74) is 2.14. The summed E-state index contributed by atoms with van der Waals surface area (Å²) in [6.07, 6.45) is 3.84. The summed E-state index contributed by atoms with van der Waals surface area (Å²) in [6.45, 7) is 0. The summed E-state index contributed by atoms with van der Waals surface area (Å²) < 4.78 is 48.5. The zero-order valence-electron chi connectivity index (χ0n) is 21.0. The molecule has 39 heavy (non-hydrogen) atoms. The van der Waals surface area contributed by atoms with Crippen molar-refractivity contribution >= 4 is 23.0 Å². The molecule has 2 fully saturated rings. The number of rotatable bonds is 6. The van der Waals surface area contributed by atoms with E-state index in [1.807, 2.05) is 59.5 Å². The topological polar surface area (TPSA) is 42.3 Å². The van der Waals surface area contributed by atoms with Gasteiger partial charge in [-0.15, -0.1) is 0 Å². The third kappa shape index (κ3) is 5.11. The summed E-state index contributed by atoms with van der Waals surface area (Å²) in [5, 5.41) is 3.93. The average Bonchev–Trinajstić information content (AvgIpc) is 3.70. The molecule has 0 unspecified atom stereocenters. The van der Waals surface area contributed by atoms with E-state index in [4.69, 9.17) is 17.0 Å². The number of halogens is 3. The zero-order chi connectivity index (χ0) is 27.0. The lowest BCUT2D eigenvalue weighted by atomic mass is 10.0. The van der Waals surface area contributed by atoms with Crippen molar-refractivity contribution in [3.8, 4) is 11.4 Å². The lowest BCUT2D eigenvalue weighted by Gasteiger charge is -2.29. The lowest BCUT2D eigenvalue weighted by molar-refractivity contribution is -0.137. The van der Waals surface area contributed by atoms with E-state index in [9.17, 15) is 13.2 Å². The first-order valence-electron chi connectivity index (χ1n) is 13.0. The first-order valence-corrected chi connectivity index (χ1v) is 13.4. The molecule has 2 atom stereocenters. The Bertz CT molecular complexity index is 1450. The number of hydrogen-bond donors (Lipinski definition) is 1. The first kappa shape index (κ1) is 25.4. The molecule has 0 radical (unpaired) electrons. The van der Waals surface area contributed by atoms with Crippen LogP contribution >= 0.6 is 12.2 Å². The van der Waals surface area contributed by atoms with Crippen molar-refractivity contribution in [2.24, 2.45) is 0 Å². The normalized spacial score (nSPS) is 19.9. The molecule has 2 aromatic carbocycles. The monoisotopic (exact) mass is 548 g/mol. The number of aromatic nitrogens is 2. The number of benzene rings is 2. The quantitative estimate of drug-likeness (QED) is 0.255. The van der Waals surface area contributed by atoms with Crippen LogP contribution in [0.4, 0.5) is 18.9 Å². The second-order valence-electron chi connectivity index (χ2n) is 9.87. The minimum Gasteiger partial charge on any atom is -0.490 e. The van der Waals surface area contributed by atoms with E-state index >= 15 is 0 Å². The fourth-order valence-corrected chi connectivity index (χ4v) is 5.87. The molecule has 2 aromatic heterocycles. The average molecular weight is 549 g/mol. The maximum atomic E-state index is 13.5. The molecule has 3 heterocycles. The van der Waals surface area contributed by atoms with Crippen LogP contribution in [0.5, 0.6) is 5.75 Å². The highest BCUT2D eigenvalue weighted by Crippen LogP contribution is 2.43. The van der Waals surface area contributed by atoms with Crippen LogP contribution in [0, 0.1) is 0 Å². The van der Waals surface area contributed by atoms with Crippen molar-refractivity contribution in [2.75, 3.05) is 4.90 Å². The second-order valence-corrected chi connectivity index (χ2v) is 10.3. The lowest BCUT2D eigenvalue weighted by Crippen LogP contribution is -2.30. The Morgan fingerprint density at radius 1 is 0.897 bits per heavy atom. The van der Waals surface area contributed by atoms with Crippen molar-refractivity contribution in [1.82, 2.24) is 14.9 Å². The number of nitrogens with zero attached hydrogens (tertiary/aromatic N) is 3. The van der Waals surface area contributed by atoms with E-state index in [2.05, 4.69) is 10.3 Å². The van der Waals surface area contributed by atoms with Crippen LogP contribution in [0.15, 0.2) is 91.3 Å². The van der Waals surface area contributed by atoms with Crippen molar-refractivity contribution < 1.29 is 17.9 Å². The molecule has 9 heteroatoms. The minimum atomic E-state index is -4.44. The molecular formula is C30H27F3N4OS. The van der Waals surface area contributed by atoms with Gasteiger partial charge in [0.15, 0.2) is 5.11 Å². The Hall–Kier alpha value is -3.85. The molecule has 1 saturated heterocycles. The van der Waals surface area contributed by atoms with Gasteiger partial charge in [-0.25, -0.2) is 0 Å². The van der Waals surface area contributed by atoms with Crippen molar-refractivity contribution in [2.45, 2.75) is 50.0 Å². The fourth-order valence-electron chi connectivity index (χ4n) is 5.52. The second kappa shape index (κ2) is 10.4. The molecule has 1 aliphatic heterocycles. The Labute approximate surface area is 230 Å². The summed E-state index contributed by atoms with van der Waals surface area (Å²) in [4.78, 5) is 6.58. The molecule has 1 N–H and O–H groups in total. The molecule has 1 saturated carbocycles. The van der Waals surface area contributed by atoms with Gasteiger partial charge in [-0.2, -0.15) is 13.2 Å². The number of ether oxygens (including phenoxy) is 1. The fraction of sp³-hybridized carbons (Fsp3) is 0.267. The Morgan fingerprint density at radius 2 is 1.69 bits per heavy atom. The predicted molar refractivity (Wildman–Crippen MR) is 148 cm³/mol. The van der Waals surface area contributed by atoms with Crippen LogP contribution in [0.3, 0.4) is 0 Å². The van der Waals surface area contributed by atoms with E-state index in [1.54, 1.807) is 23.0 Å². The van der Waals surface area contributed by atoms with E-state index in [0.717, 1.165) is 41.7 Å². The van der Waals surface area contributed by atoms with Crippen molar-refractivity contribution in [3.63, 3.8) is 0 Å². The molecular weight excluding hydrogens is 521 g/mol. The van der Waals surface area contributed by atoms with Crippen LogP contribution in [-0.4, -0.2) is 20.8 Å². The third-order valence-corrected chi connectivity index (χ3v) is 7.67. The number of thiocarbonyl (C=S) groups is 1. The van der Waals surface area contributed by atoms with Gasteiger partial charge in [0.1, 0.15) is 11.8 Å². The van der Waals surface area contributed by atoms with Gasteiger partial charge in [0.2, 0.25) is 0 Å². The Morgan fingerprint density at radius 3 is 2.41 bits per heavy atom. The van der Waals surface area contributed by atoms with E-state index in [0.29, 0.717) is 10.8 Å². The maximum absolute atomic E-state index is 13.5. The minimum absolute atomic E-state index is 0.252. The Balaban J connectivity index is 1.40. The highest BCUT2D eigenvalue weighted by Gasteiger charge is 2.42. The van der Waals surface area contributed by atoms with Crippen LogP contribution < -0.4 is 15.0 Å². The molecule has 0 spiro atoms. The first-order chi connectivity index (χ1) is 18.9. The van der Waals surface area contributed by atoms with Gasteiger partial charge in [-0.05, 0) is 105 Å². The van der Waals surface area contributed by atoms with Crippen molar-refractivity contribution in [1.29, 1.82) is 0 Å². The molecule has 200 valence electrons. The van der Waals surface area contributed by atoms with Gasteiger partial charge < -0.3 is 19.5 Å². The number of pyridine rings is 1. The third-order valence-electron chi connectivity index (χ3n) is 7.35. The van der Waals surface area contributed by atoms with Gasteiger partial charge in [0.25, 0.3) is 0 Å². The van der Waals surface area contributed by atoms with E-state index < -0.39 is 11.7 Å². The largest absolute Gasteiger partial charge is 0.490 e. The standard InChI is InChI=1S/C30H27F3N4OS/c31-30(32,33)20-7-5-8-22(19-20)36-18-6-12-26(36)28-27(25-11-3-4-17-34-25)35-29(39)37(28)21-13-15-24(16-14-21)38-23-9-1-2-10-23/h3-8,11-19,23,27-28H,1-2,9-10H2,(H,35,39)/t27-,28+/m0/s1. The highest BCUT2D eigenvalue weighted by molar-refractivity contribution is 7.80. The van der Waals surface area contributed by atoms with Crippen LogP contribution in [0.1, 0.15) is 54.7 Å². The predicted octanol–water partition coefficient (Wildman–Crippen LogP) is 7.39. The van der Waals surface area contributed by atoms with Crippen molar-refractivity contribution in [3.05, 3.63) is 108 Å². The van der Waals surface area contributed by atoms with Gasteiger partial charge in [0, 0.05) is 29.5 Å². The maximum Gasteiger partial charge on any atom is 0.416 e. The molecule has 0 amide bonds. The molecule has 5 nitrogen and oxygen atoms in total. The smallest absolute Gasteiger partial charge is 0.416 e. The molecule has 1 aliphatic carbocycles. The Kier molecular flexibility index (Phi) is 6.76. The van der Waals surface area contributed by atoms with Gasteiger partial charge in [0.05, 0.1) is 23.4 Å². The summed E-state index contributed by atoms with van der Waals surface area (Å²) in [7, 11) is 0. The summed E-state index contributed by atoms with van der Waals surface area (Å²) >= 11 is 5.83. The van der Waals surface area contributed by atoms with E-state index in [-0.39, 0.29) is 18.2 Å². The molecule has 6 rings (SSSR count). The summed E-state index contributed by atoms with van der Waals surface area (Å²) in [6, 6.07) is 21.9. The molecule has 4 aromatic rings.